The highest BCUT2D eigenvalue weighted by Gasteiger charge is 2.31. The number of nitrogens with one attached hydrogen (secondary N) is 3. The van der Waals surface area contributed by atoms with Gasteiger partial charge in [0.25, 0.3) is 5.91 Å². The van der Waals surface area contributed by atoms with E-state index in [1.807, 2.05) is 32.0 Å². The predicted octanol–water partition coefficient (Wildman–Crippen LogP) is 2.89. The summed E-state index contributed by atoms with van der Waals surface area (Å²) in [6.45, 7) is 3.83. The molecule has 0 saturated heterocycles. The third-order valence-electron chi connectivity index (χ3n) is 3.26. The molecule has 5 nitrogen and oxygen atoms in total. The molecule has 19 heavy (non-hydrogen) atoms. The van der Waals surface area contributed by atoms with E-state index < -0.39 is 0 Å². The molecule has 98 valence electrons. The fourth-order valence-electron chi connectivity index (χ4n) is 2.28. The monoisotopic (exact) mass is 320 g/mol. The Morgan fingerprint density at radius 2 is 2.16 bits per heavy atom. The zero-order valence-corrected chi connectivity index (χ0v) is 12.1. The van der Waals surface area contributed by atoms with Crippen molar-refractivity contribution in [3.63, 3.8) is 0 Å². The van der Waals surface area contributed by atoms with Gasteiger partial charge in [0.1, 0.15) is 6.04 Å². The Labute approximate surface area is 118 Å². The summed E-state index contributed by atoms with van der Waals surface area (Å²) in [7, 11) is 0. The summed E-state index contributed by atoms with van der Waals surface area (Å²) in [6, 6.07) is 5.38. The third kappa shape index (κ3) is 2.02. The molecule has 1 amide bonds. The zero-order valence-electron chi connectivity index (χ0n) is 10.5. The van der Waals surface area contributed by atoms with Crippen LogP contribution < -0.4 is 10.6 Å². The molecule has 2 heterocycles. The first kappa shape index (κ1) is 12.2. The van der Waals surface area contributed by atoms with Crippen LogP contribution in [0.2, 0.25) is 0 Å². The van der Waals surface area contributed by atoms with Crippen LogP contribution in [0.25, 0.3) is 0 Å². The van der Waals surface area contributed by atoms with Crippen LogP contribution in [-0.2, 0) is 4.79 Å². The number of aromatic amines is 1. The number of H-pyrrole nitrogens is 1. The van der Waals surface area contributed by atoms with E-state index in [0.717, 1.165) is 32.8 Å². The molecule has 0 spiro atoms. The Balaban J connectivity index is 1.99. The molecular weight excluding hydrogens is 308 g/mol. The maximum Gasteiger partial charge on any atom is 0.251 e. The Morgan fingerprint density at radius 3 is 2.84 bits per heavy atom. The van der Waals surface area contributed by atoms with Crippen molar-refractivity contribution in [2.75, 3.05) is 10.6 Å². The SMILES string of the molecule is Cc1n[nH]c(C)c1NC1C(=O)Nc2ccc(Br)cc21. The molecule has 0 saturated carbocycles. The summed E-state index contributed by atoms with van der Waals surface area (Å²) in [5, 5.41) is 13.2. The summed E-state index contributed by atoms with van der Waals surface area (Å²) < 4.78 is 0.954. The van der Waals surface area contributed by atoms with E-state index in [1.54, 1.807) is 0 Å². The summed E-state index contributed by atoms with van der Waals surface area (Å²) in [5.41, 5.74) is 4.46. The number of nitrogens with zero attached hydrogens (tertiary/aromatic N) is 1. The van der Waals surface area contributed by atoms with E-state index in [-0.39, 0.29) is 11.9 Å². The molecule has 2 aromatic rings. The topological polar surface area (TPSA) is 69.8 Å². The highest BCUT2D eigenvalue weighted by molar-refractivity contribution is 9.10. The third-order valence-corrected chi connectivity index (χ3v) is 3.75. The Morgan fingerprint density at radius 1 is 1.37 bits per heavy atom. The Kier molecular flexibility index (Phi) is 2.82. The molecule has 0 aliphatic carbocycles. The minimum absolute atomic E-state index is 0.0481. The number of halogens is 1. The summed E-state index contributed by atoms with van der Waals surface area (Å²) in [4.78, 5) is 12.1. The smallest absolute Gasteiger partial charge is 0.251 e. The second-order valence-corrected chi connectivity index (χ2v) is 5.52. The van der Waals surface area contributed by atoms with Gasteiger partial charge in [0.15, 0.2) is 0 Å². The number of rotatable bonds is 2. The minimum atomic E-state index is -0.387. The number of aromatic nitrogens is 2. The number of carbonyl (C=O) groups excluding carboxylic acids is 1. The van der Waals surface area contributed by atoms with Crippen molar-refractivity contribution in [2.45, 2.75) is 19.9 Å². The van der Waals surface area contributed by atoms with Gasteiger partial charge in [0.05, 0.1) is 17.1 Å². The Hall–Kier alpha value is -1.82. The van der Waals surface area contributed by atoms with Crippen molar-refractivity contribution in [3.8, 4) is 0 Å². The fraction of sp³-hybridized carbons (Fsp3) is 0.231. The highest BCUT2D eigenvalue weighted by Crippen LogP contribution is 2.36. The molecule has 0 radical (unpaired) electrons. The number of aryl methyl sites for hydroxylation is 2. The minimum Gasteiger partial charge on any atom is -0.367 e. The molecule has 0 fully saturated rings. The average Bonchev–Trinajstić information content (AvgIpc) is 2.84. The van der Waals surface area contributed by atoms with Crippen molar-refractivity contribution in [3.05, 3.63) is 39.6 Å². The summed E-state index contributed by atoms with van der Waals surface area (Å²) >= 11 is 3.43. The van der Waals surface area contributed by atoms with Gasteiger partial charge in [-0.1, -0.05) is 15.9 Å². The molecule has 0 bridgehead atoms. The van der Waals surface area contributed by atoms with Gasteiger partial charge in [-0.2, -0.15) is 5.10 Å². The molecule has 1 unspecified atom stereocenters. The maximum atomic E-state index is 12.1. The normalized spacial score (nSPS) is 17.2. The Bertz CT molecular complexity index is 645. The summed E-state index contributed by atoms with van der Waals surface area (Å²) in [5.74, 6) is -0.0481. The van der Waals surface area contributed by atoms with Crippen LogP contribution in [0.15, 0.2) is 22.7 Å². The number of carbonyl (C=O) groups is 1. The predicted molar refractivity (Wildman–Crippen MR) is 77.2 cm³/mol. The highest BCUT2D eigenvalue weighted by atomic mass is 79.9. The maximum absolute atomic E-state index is 12.1. The van der Waals surface area contributed by atoms with Gasteiger partial charge in [-0.15, -0.1) is 0 Å². The van der Waals surface area contributed by atoms with Crippen molar-refractivity contribution in [2.24, 2.45) is 0 Å². The first-order valence-electron chi connectivity index (χ1n) is 5.94. The van der Waals surface area contributed by atoms with E-state index in [4.69, 9.17) is 0 Å². The molecule has 1 aromatic heterocycles. The lowest BCUT2D eigenvalue weighted by molar-refractivity contribution is -0.116. The number of hydrogen-bond donors (Lipinski definition) is 3. The van der Waals surface area contributed by atoms with E-state index in [2.05, 4.69) is 36.8 Å². The fourth-order valence-corrected chi connectivity index (χ4v) is 2.66. The van der Waals surface area contributed by atoms with E-state index >= 15 is 0 Å². The number of amides is 1. The van der Waals surface area contributed by atoms with Crippen molar-refractivity contribution in [1.29, 1.82) is 0 Å². The van der Waals surface area contributed by atoms with Crippen LogP contribution in [0.3, 0.4) is 0 Å². The summed E-state index contributed by atoms with van der Waals surface area (Å²) in [6.07, 6.45) is 0. The van der Waals surface area contributed by atoms with Gasteiger partial charge >= 0.3 is 0 Å². The van der Waals surface area contributed by atoms with Crippen LogP contribution in [0.5, 0.6) is 0 Å². The quantitative estimate of drug-likeness (QED) is 0.796. The molecule has 1 atom stereocenters. The molecule has 1 aliphatic heterocycles. The molecule has 1 aromatic carbocycles. The molecule has 3 rings (SSSR count). The zero-order chi connectivity index (χ0) is 13.6. The van der Waals surface area contributed by atoms with Crippen LogP contribution in [0.1, 0.15) is 23.0 Å². The van der Waals surface area contributed by atoms with Crippen LogP contribution in [-0.4, -0.2) is 16.1 Å². The molecule has 6 heteroatoms. The lowest BCUT2D eigenvalue weighted by Gasteiger charge is -2.13. The molecule has 1 aliphatic rings. The average molecular weight is 321 g/mol. The van der Waals surface area contributed by atoms with Gasteiger partial charge in [-0.05, 0) is 32.0 Å². The number of benzene rings is 1. The van der Waals surface area contributed by atoms with E-state index in [1.165, 1.54) is 0 Å². The van der Waals surface area contributed by atoms with Crippen molar-refractivity contribution < 1.29 is 4.79 Å². The van der Waals surface area contributed by atoms with Gasteiger partial charge in [0, 0.05) is 15.7 Å². The van der Waals surface area contributed by atoms with E-state index in [0.29, 0.717) is 0 Å². The van der Waals surface area contributed by atoms with Gasteiger partial charge < -0.3 is 10.6 Å². The second kappa shape index (κ2) is 4.38. The number of anilines is 2. The number of hydrogen-bond acceptors (Lipinski definition) is 3. The molecular formula is C13H13BrN4O. The lowest BCUT2D eigenvalue weighted by atomic mass is 10.1. The lowest BCUT2D eigenvalue weighted by Crippen LogP contribution is -2.20. The van der Waals surface area contributed by atoms with Crippen LogP contribution in [0.4, 0.5) is 11.4 Å². The van der Waals surface area contributed by atoms with Crippen molar-refractivity contribution >= 4 is 33.2 Å². The molecule has 3 N–H and O–H groups in total. The largest absolute Gasteiger partial charge is 0.367 e. The van der Waals surface area contributed by atoms with Gasteiger partial charge in [-0.3, -0.25) is 9.89 Å². The second-order valence-electron chi connectivity index (χ2n) is 4.61. The van der Waals surface area contributed by atoms with Gasteiger partial charge in [0.2, 0.25) is 0 Å². The van der Waals surface area contributed by atoms with Crippen molar-refractivity contribution in [1.82, 2.24) is 10.2 Å². The standard InChI is InChI=1S/C13H13BrN4O/c1-6-11(7(2)18-17-6)16-12-9-5-8(14)3-4-10(9)15-13(12)19/h3-5,12,16H,1-2H3,(H,15,19)(H,17,18). The first-order chi connectivity index (χ1) is 9.06. The van der Waals surface area contributed by atoms with Gasteiger partial charge in [-0.25, -0.2) is 0 Å². The van der Waals surface area contributed by atoms with Crippen LogP contribution >= 0.6 is 15.9 Å². The van der Waals surface area contributed by atoms with E-state index in [9.17, 15) is 4.79 Å². The first-order valence-corrected chi connectivity index (χ1v) is 6.74. The number of fused-ring (bicyclic) bond motifs is 1. The van der Waals surface area contributed by atoms with Crippen LogP contribution in [0, 0.1) is 13.8 Å².